The molecule has 2 aromatic rings. The monoisotopic (exact) mass is 269 g/mol. The summed E-state index contributed by atoms with van der Waals surface area (Å²) in [6.45, 7) is 0. The van der Waals surface area contributed by atoms with Crippen LogP contribution in [-0.4, -0.2) is 16.8 Å². The van der Waals surface area contributed by atoms with Crippen LogP contribution in [0.1, 0.15) is 17.5 Å². The first-order valence-corrected chi connectivity index (χ1v) is 5.41. The summed E-state index contributed by atoms with van der Waals surface area (Å²) < 4.78 is 8.24. The summed E-state index contributed by atoms with van der Waals surface area (Å²) in [5.74, 6) is 0.862. The fraction of sp³-hybridized carbons (Fsp3) is 0.300. The summed E-state index contributed by atoms with van der Waals surface area (Å²) in [6, 6.07) is 3.87. The molecule has 1 unspecified atom stereocenters. The molecule has 0 aliphatic carbocycles. The summed E-state index contributed by atoms with van der Waals surface area (Å²) in [7, 11) is 3.81. The lowest BCUT2D eigenvalue weighted by Gasteiger charge is -2.14. The van der Waals surface area contributed by atoms with E-state index in [4.69, 9.17) is 4.42 Å². The van der Waals surface area contributed by atoms with E-state index >= 15 is 0 Å². The van der Waals surface area contributed by atoms with Gasteiger partial charge in [-0.25, -0.2) is 0 Å². The van der Waals surface area contributed by atoms with Gasteiger partial charge in [-0.05, 0) is 35.1 Å². The van der Waals surface area contributed by atoms with Crippen LogP contribution in [0.4, 0.5) is 0 Å². The third-order valence-corrected chi connectivity index (χ3v) is 3.01. The fourth-order valence-corrected chi connectivity index (χ4v) is 2.02. The van der Waals surface area contributed by atoms with Crippen molar-refractivity contribution in [3.63, 3.8) is 0 Å². The molecule has 0 aromatic carbocycles. The molecule has 4 nitrogen and oxygen atoms in total. The van der Waals surface area contributed by atoms with Gasteiger partial charge in [0.15, 0.2) is 0 Å². The van der Waals surface area contributed by atoms with Crippen LogP contribution in [0.5, 0.6) is 0 Å². The summed E-state index contributed by atoms with van der Waals surface area (Å²) >= 11 is 3.45. The molecule has 0 radical (unpaired) electrons. The molecule has 15 heavy (non-hydrogen) atoms. The first-order chi connectivity index (χ1) is 7.24. The maximum atomic E-state index is 5.45. The van der Waals surface area contributed by atoms with Crippen molar-refractivity contribution in [2.45, 2.75) is 6.04 Å². The van der Waals surface area contributed by atoms with Crippen LogP contribution in [0.25, 0.3) is 0 Å². The summed E-state index contributed by atoms with van der Waals surface area (Å²) in [4.78, 5) is 0. The van der Waals surface area contributed by atoms with Crippen molar-refractivity contribution in [2.24, 2.45) is 7.05 Å². The molecule has 0 aliphatic rings. The van der Waals surface area contributed by atoms with Gasteiger partial charge in [0.05, 0.1) is 16.4 Å². The van der Waals surface area contributed by atoms with E-state index in [1.165, 1.54) is 0 Å². The van der Waals surface area contributed by atoms with E-state index in [0.29, 0.717) is 0 Å². The number of aromatic nitrogens is 2. The third kappa shape index (κ3) is 1.85. The second kappa shape index (κ2) is 4.20. The predicted octanol–water partition coefficient (Wildman–Crippen LogP) is 2.08. The number of hydrogen-bond donors (Lipinski definition) is 1. The molecule has 0 amide bonds. The lowest BCUT2D eigenvalue weighted by molar-refractivity contribution is 0.447. The molecule has 80 valence electrons. The van der Waals surface area contributed by atoms with E-state index < -0.39 is 0 Å². The average molecular weight is 270 g/mol. The van der Waals surface area contributed by atoms with E-state index in [-0.39, 0.29) is 6.04 Å². The van der Waals surface area contributed by atoms with E-state index in [0.717, 1.165) is 15.9 Å². The largest absolute Gasteiger partial charge is 0.466 e. The number of nitrogens with one attached hydrogen (secondary N) is 1. The van der Waals surface area contributed by atoms with Gasteiger partial charge in [-0.2, -0.15) is 5.10 Å². The van der Waals surface area contributed by atoms with Gasteiger partial charge in [-0.1, -0.05) is 0 Å². The highest BCUT2D eigenvalue weighted by molar-refractivity contribution is 9.10. The Hall–Kier alpha value is -1.07. The lowest BCUT2D eigenvalue weighted by atomic mass is 10.1. The molecular weight excluding hydrogens is 258 g/mol. The van der Waals surface area contributed by atoms with Gasteiger partial charge in [-0.15, -0.1) is 0 Å². The number of nitrogens with zero attached hydrogens (tertiary/aromatic N) is 2. The minimum atomic E-state index is 0.0156. The Kier molecular flexibility index (Phi) is 2.93. The van der Waals surface area contributed by atoms with Crippen LogP contribution in [-0.2, 0) is 7.05 Å². The smallest absolute Gasteiger partial charge is 0.140 e. The average Bonchev–Trinajstić information content (AvgIpc) is 2.80. The van der Waals surface area contributed by atoms with E-state index in [1.807, 2.05) is 30.9 Å². The van der Waals surface area contributed by atoms with Crippen molar-refractivity contribution in [3.8, 4) is 0 Å². The Morgan fingerprint density at radius 2 is 2.33 bits per heavy atom. The Balaban J connectivity index is 2.41. The number of halogens is 1. The first kappa shape index (κ1) is 10.4. The van der Waals surface area contributed by atoms with Crippen LogP contribution in [0.15, 0.2) is 33.5 Å². The second-order valence-electron chi connectivity index (χ2n) is 3.23. The molecule has 2 heterocycles. The molecule has 0 saturated carbocycles. The van der Waals surface area contributed by atoms with Crippen molar-refractivity contribution in [2.75, 3.05) is 7.05 Å². The van der Waals surface area contributed by atoms with Crippen molar-refractivity contribution in [3.05, 3.63) is 40.5 Å². The van der Waals surface area contributed by atoms with Crippen molar-refractivity contribution in [1.29, 1.82) is 0 Å². The number of hydrogen-bond acceptors (Lipinski definition) is 3. The number of furan rings is 1. The molecular formula is C10H12BrN3O. The highest BCUT2D eigenvalue weighted by Gasteiger charge is 2.20. The maximum absolute atomic E-state index is 5.45. The highest BCUT2D eigenvalue weighted by Crippen LogP contribution is 2.28. The minimum absolute atomic E-state index is 0.0156. The van der Waals surface area contributed by atoms with Crippen molar-refractivity contribution in [1.82, 2.24) is 15.1 Å². The van der Waals surface area contributed by atoms with Crippen LogP contribution in [0.3, 0.4) is 0 Å². The lowest BCUT2D eigenvalue weighted by Crippen LogP contribution is -2.20. The van der Waals surface area contributed by atoms with Gasteiger partial charge in [0.2, 0.25) is 0 Å². The molecule has 0 bridgehead atoms. The van der Waals surface area contributed by atoms with Gasteiger partial charge in [0.1, 0.15) is 11.8 Å². The van der Waals surface area contributed by atoms with Crippen LogP contribution < -0.4 is 5.32 Å². The third-order valence-electron chi connectivity index (χ3n) is 2.35. The number of rotatable bonds is 3. The van der Waals surface area contributed by atoms with Crippen LogP contribution >= 0.6 is 15.9 Å². The Labute approximate surface area is 96.4 Å². The first-order valence-electron chi connectivity index (χ1n) is 4.62. The summed E-state index contributed by atoms with van der Waals surface area (Å²) in [5.41, 5.74) is 1.06. The quantitative estimate of drug-likeness (QED) is 0.928. The van der Waals surface area contributed by atoms with Gasteiger partial charge in [0, 0.05) is 13.2 Å². The molecule has 0 fully saturated rings. The van der Waals surface area contributed by atoms with Crippen LogP contribution in [0, 0.1) is 0 Å². The molecule has 0 saturated heterocycles. The van der Waals surface area contributed by atoms with E-state index in [2.05, 4.69) is 26.3 Å². The SMILES string of the molecule is CNC(c1occc1Br)c1ccnn1C. The van der Waals surface area contributed by atoms with E-state index in [1.54, 1.807) is 12.5 Å². The zero-order chi connectivity index (χ0) is 10.8. The minimum Gasteiger partial charge on any atom is -0.466 e. The van der Waals surface area contributed by atoms with Gasteiger partial charge in [0.25, 0.3) is 0 Å². The second-order valence-corrected chi connectivity index (χ2v) is 4.09. The fourth-order valence-electron chi connectivity index (χ4n) is 1.59. The Bertz CT molecular complexity index is 409. The Morgan fingerprint density at radius 1 is 1.53 bits per heavy atom. The molecule has 2 aromatic heterocycles. The van der Waals surface area contributed by atoms with Gasteiger partial charge in [-0.3, -0.25) is 4.68 Å². The molecule has 0 aliphatic heterocycles. The molecule has 2 rings (SSSR count). The zero-order valence-corrected chi connectivity index (χ0v) is 10.2. The van der Waals surface area contributed by atoms with Gasteiger partial charge >= 0.3 is 0 Å². The van der Waals surface area contributed by atoms with Crippen molar-refractivity contribution < 1.29 is 4.42 Å². The molecule has 0 spiro atoms. The molecule has 1 atom stereocenters. The maximum Gasteiger partial charge on any atom is 0.140 e. The van der Waals surface area contributed by atoms with E-state index in [9.17, 15) is 0 Å². The normalized spacial score (nSPS) is 13.0. The molecule has 5 heteroatoms. The molecule has 1 N–H and O–H groups in total. The van der Waals surface area contributed by atoms with Crippen LogP contribution in [0.2, 0.25) is 0 Å². The highest BCUT2D eigenvalue weighted by atomic mass is 79.9. The summed E-state index contributed by atoms with van der Waals surface area (Å²) in [6.07, 6.45) is 3.44. The van der Waals surface area contributed by atoms with Crippen molar-refractivity contribution >= 4 is 15.9 Å². The predicted molar refractivity (Wildman–Crippen MR) is 60.5 cm³/mol. The Morgan fingerprint density at radius 3 is 2.80 bits per heavy atom. The van der Waals surface area contributed by atoms with Gasteiger partial charge < -0.3 is 9.73 Å². The number of aryl methyl sites for hydroxylation is 1. The zero-order valence-electron chi connectivity index (χ0n) is 8.57. The summed E-state index contributed by atoms with van der Waals surface area (Å²) in [5, 5.41) is 7.35. The standard InChI is InChI=1S/C10H12BrN3O/c1-12-9(8-3-5-13-14(8)2)10-7(11)4-6-15-10/h3-6,9,12H,1-2H3. The topological polar surface area (TPSA) is 43.0 Å².